The molecule has 2 aromatic carbocycles. The molecule has 3 rings (SSSR count). The minimum absolute atomic E-state index is 0.0409. The molecular formula is C19H21FN2O3S. The van der Waals surface area contributed by atoms with Crippen LogP contribution in [0, 0.1) is 6.92 Å². The molecule has 1 unspecified atom stereocenters. The van der Waals surface area contributed by atoms with E-state index in [2.05, 4.69) is 5.10 Å². The van der Waals surface area contributed by atoms with E-state index < -0.39 is 15.7 Å². The monoisotopic (exact) mass is 376 g/mol. The Bertz CT molecular complexity index is 920. The van der Waals surface area contributed by atoms with Crippen LogP contribution in [0.2, 0.25) is 0 Å². The number of nitrogens with zero attached hydrogens (tertiary/aromatic N) is 2. The predicted molar refractivity (Wildman–Crippen MR) is 98.7 cm³/mol. The third-order valence-corrected chi connectivity index (χ3v) is 5.89. The molecule has 1 aliphatic rings. The van der Waals surface area contributed by atoms with Crippen LogP contribution in [0.5, 0.6) is 5.75 Å². The molecule has 5 nitrogen and oxygen atoms in total. The number of hydrogen-bond donors (Lipinski definition) is 0. The smallest absolute Gasteiger partial charge is 0.279 e. The maximum atomic E-state index is 14.9. The molecule has 0 aliphatic carbocycles. The standard InChI is InChI=1S/C19H21FN2O3S/c1-14-4-10-17(11-5-14)26(23,24)22-13-19(2,20)12-18(21-22)15-6-8-16(25-3)9-7-15/h4-11H,12-13H2,1-3H3. The van der Waals surface area contributed by atoms with Crippen LogP contribution in [0.25, 0.3) is 0 Å². The van der Waals surface area contributed by atoms with E-state index in [1.54, 1.807) is 43.5 Å². The van der Waals surface area contributed by atoms with E-state index in [4.69, 9.17) is 4.74 Å². The van der Waals surface area contributed by atoms with Crippen LogP contribution in [0.3, 0.4) is 0 Å². The van der Waals surface area contributed by atoms with Gasteiger partial charge in [0.1, 0.15) is 11.4 Å². The highest BCUT2D eigenvalue weighted by Gasteiger charge is 2.38. The Morgan fingerprint density at radius 2 is 1.73 bits per heavy atom. The highest BCUT2D eigenvalue weighted by molar-refractivity contribution is 7.89. The zero-order valence-corrected chi connectivity index (χ0v) is 15.8. The van der Waals surface area contributed by atoms with Crippen molar-refractivity contribution >= 4 is 15.7 Å². The summed E-state index contributed by atoms with van der Waals surface area (Å²) in [7, 11) is -2.37. The first-order chi connectivity index (χ1) is 12.2. The zero-order valence-electron chi connectivity index (χ0n) is 14.9. The van der Waals surface area contributed by atoms with Crippen LogP contribution >= 0.6 is 0 Å². The van der Waals surface area contributed by atoms with Gasteiger partial charge in [-0.15, -0.1) is 0 Å². The first-order valence-electron chi connectivity index (χ1n) is 8.21. The van der Waals surface area contributed by atoms with E-state index in [0.717, 1.165) is 9.98 Å². The first kappa shape index (κ1) is 18.4. The van der Waals surface area contributed by atoms with Gasteiger partial charge in [0.25, 0.3) is 10.0 Å². The second kappa shape index (κ2) is 6.72. The SMILES string of the molecule is COc1ccc(C2=NN(S(=O)(=O)c3ccc(C)cc3)CC(C)(F)C2)cc1. The molecule has 0 spiro atoms. The molecule has 2 aromatic rings. The molecule has 7 heteroatoms. The van der Waals surface area contributed by atoms with Crippen LogP contribution in [0.15, 0.2) is 58.5 Å². The molecule has 138 valence electrons. The minimum atomic E-state index is -3.92. The van der Waals surface area contributed by atoms with E-state index in [9.17, 15) is 12.8 Å². The van der Waals surface area contributed by atoms with E-state index >= 15 is 0 Å². The Kier molecular flexibility index (Phi) is 4.75. The van der Waals surface area contributed by atoms with Gasteiger partial charge in [-0.25, -0.2) is 4.39 Å². The van der Waals surface area contributed by atoms with Crippen LogP contribution in [0.4, 0.5) is 4.39 Å². The molecule has 26 heavy (non-hydrogen) atoms. The van der Waals surface area contributed by atoms with Gasteiger partial charge in [0.2, 0.25) is 0 Å². The van der Waals surface area contributed by atoms with Crippen molar-refractivity contribution in [2.24, 2.45) is 5.10 Å². The van der Waals surface area contributed by atoms with E-state index in [1.165, 1.54) is 19.1 Å². The Morgan fingerprint density at radius 3 is 2.31 bits per heavy atom. The number of benzene rings is 2. The molecular weight excluding hydrogens is 355 g/mol. The highest BCUT2D eigenvalue weighted by Crippen LogP contribution is 2.30. The average Bonchev–Trinajstić information content (AvgIpc) is 2.61. The average molecular weight is 376 g/mol. The fraction of sp³-hybridized carbons (Fsp3) is 0.316. The number of aryl methyl sites for hydroxylation is 1. The fourth-order valence-corrected chi connectivity index (χ4v) is 4.17. The minimum Gasteiger partial charge on any atom is -0.497 e. The van der Waals surface area contributed by atoms with Crippen molar-refractivity contribution in [3.8, 4) is 5.75 Å². The summed E-state index contributed by atoms with van der Waals surface area (Å²) < 4.78 is 46.7. The zero-order chi connectivity index (χ0) is 18.9. The van der Waals surface area contributed by atoms with E-state index in [-0.39, 0.29) is 17.9 Å². The van der Waals surface area contributed by atoms with Gasteiger partial charge in [0.05, 0.1) is 24.3 Å². The Labute approximate surface area is 153 Å². The maximum absolute atomic E-state index is 14.9. The van der Waals surface area contributed by atoms with Gasteiger partial charge < -0.3 is 4.74 Å². The number of sulfonamides is 1. The van der Waals surface area contributed by atoms with Crippen LogP contribution in [-0.2, 0) is 10.0 Å². The first-order valence-corrected chi connectivity index (χ1v) is 9.65. The maximum Gasteiger partial charge on any atom is 0.279 e. The number of alkyl halides is 1. The second-order valence-corrected chi connectivity index (χ2v) is 8.51. The molecule has 1 atom stereocenters. The van der Waals surface area contributed by atoms with Gasteiger partial charge >= 0.3 is 0 Å². The summed E-state index contributed by atoms with van der Waals surface area (Å²) in [5, 5.41) is 4.25. The normalized spacial score (nSPS) is 20.6. The van der Waals surface area contributed by atoms with Gasteiger partial charge in [0.15, 0.2) is 0 Å². The summed E-state index contributed by atoms with van der Waals surface area (Å²) >= 11 is 0. The molecule has 0 aromatic heterocycles. The van der Waals surface area contributed by atoms with Crippen molar-refractivity contribution in [1.82, 2.24) is 4.41 Å². The summed E-state index contributed by atoms with van der Waals surface area (Å²) in [4.78, 5) is 0.0960. The highest BCUT2D eigenvalue weighted by atomic mass is 32.2. The lowest BCUT2D eigenvalue weighted by Gasteiger charge is -2.33. The lowest BCUT2D eigenvalue weighted by Crippen LogP contribution is -2.44. The second-order valence-electron chi connectivity index (χ2n) is 6.66. The largest absolute Gasteiger partial charge is 0.497 e. The molecule has 0 amide bonds. The van der Waals surface area contributed by atoms with Crippen molar-refractivity contribution in [2.45, 2.75) is 30.8 Å². The lowest BCUT2D eigenvalue weighted by atomic mass is 9.95. The molecule has 0 N–H and O–H groups in total. The molecule has 0 fully saturated rings. The Morgan fingerprint density at radius 1 is 1.12 bits per heavy atom. The summed E-state index contributed by atoms with van der Waals surface area (Å²) in [6, 6.07) is 13.4. The van der Waals surface area contributed by atoms with E-state index in [1.807, 2.05) is 6.92 Å². The number of ether oxygens (including phenoxy) is 1. The lowest BCUT2D eigenvalue weighted by molar-refractivity contribution is 0.147. The molecule has 0 radical (unpaired) electrons. The third kappa shape index (κ3) is 3.72. The van der Waals surface area contributed by atoms with Gasteiger partial charge in [-0.2, -0.15) is 17.9 Å². The van der Waals surface area contributed by atoms with Crippen LogP contribution in [0.1, 0.15) is 24.5 Å². The Hall–Kier alpha value is -2.41. The fourth-order valence-electron chi connectivity index (χ4n) is 2.81. The number of hydrogen-bond acceptors (Lipinski definition) is 4. The van der Waals surface area contributed by atoms with Gasteiger partial charge in [-0.05, 0) is 55.8 Å². The van der Waals surface area contributed by atoms with Crippen molar-refractivity contribution in [3.63, 3.8) is 0 Å². The molecule has 1 aliphatic heterocycles. The van der Waals surface area contributed by atoms with Crippen LogP contribution < -0.4 is 4.74 Å². The Balaban J connectivity index is 2.01. The molecule has 0 saturated carbocycles. The number of hydrazone groups is 1. The predicted octanol–water partition coefficient (Wildman–Crippen LogP) is 3.53. The molecule has 1 heterocycles. The topological polar surface area (TPSA) is 59.0 Å². The van der Waals surface area contributed by atoms with Crippen molar-refractivity contribution in [3.05, 3.63) is 59.7 Å². The number of rotatable bonds is 4. The number of methoxy groups -OCH3 is 1. The summed E-state index contributed by atoms with van der Waals surface area (Å²) in [5.41, 5.74) is 0.285. The van der Waals surface area contributed by atoms with Gasteiger partial charge in [-0.1, -0.05) is 17.7 Å². The third-order valence-electron chi connectivity index (χ3n) is 4.25. The number of halogens is 1. The molecule has 0 saturated heterocycles. The van der Waals surface area contributed by atoms with E-state index in [0.29, 0.717) is 17.0 Å². The van der Waals surface area contributed by atoms with Gasteiger partial charge in [0, 0.05) is 6.42 Å². The van der Waals surface area contributed by atoms with Crippen molar-refractivity contribution in [2.75, 3.05) is 13.7 Å². The van der Waals surface area contributed by atoms with Crippen molar-refractivity contribution in [1.29, 1.82) is 0 Å². The van der Waals surface area contributed by atoms with Crippen molar-refractivity contribution < 1.29 is 17.5 Å². The van der Waals surface area contributed by atoms with Gasteiger partial charge in [-0.3, -0.25) is 0 Å². The molecule has 0 bridgehead atoms. The summed E-state index contributed by atoms with van der Waals surface area (Å²) in [6.07, 6.45) is 0.0409. The summed E-state index contributed by atoms with van der Waals surface area (Å²) in [6.45, 7) is 2.95. The summed E-state index contributed by atoms with van der Waals surface area (Å²) in [5.74, 6) is 0.664. The van der Waals surface area contributed by atoms with Crippen LogP contribution in [-0.4, -0.2) is 37.9 Å². The quantitative estimate of drug-likeness (QED) is 0.820.